The zero-order valence-corrected chi connectivity index (χ0v) is 20.1. The van der Waals surface area contributed by atoms with Crippen molar-refractivity contribution in [2.24, 2.45) is 0 Å². The lowest BCUT2D eigenvalue weighted by Crippen LogP contribution is -2.53. The van der Waals surface area contributed by atoms with E-state index >= 15 is 0 Å². The number of carbonyl (C=O) groups excluding carboxylic acids is 3. The van der Waals surface area contributed by atoms with Crippen LogP contribution in [0.25, 0.3) is 6.08 Å². The van der Waals surface area contributed by atoms with Crippen LogP contribution in [0.15, 0.2) is 69.3 Å². The van der Waals surface area contributed by atoms with Gasteiger partial charge in [-0.1, -0.05) is 34.1 Å². The number of furan rings is 1. The van der Waals surface area contributed by atoms with E-state index in [1.807, 2.05) is 0 Å². The van der Waals surface area contributed by atoms with Crippen LogP contribution in [0.2, 0.25) is 0 Å². The van der Waals surface area contributed by atoms with Gasteiger partial charge in [0.15, 0.2) is 11.5 Å². The molecule has 35 heavy (non-hydrogen) atoms. The van der Waals surface area contributed by atoms with Crippen LogP contribution >= 0.6 is 15.9 Å². The lowest BCUT2D eigenvalue weighted by Gasteiger charge is -2.25. The molecule has 0 bridgehead atoms. The second kappa shape index (κ2) is 10.6. The second-order valence-corrected chi connectivity index (χ2v) is 8.28. The molecule has 1 N–H and O–H groups in total. The monoisotopic (exact) mass is 542 g/mol. The molecule has 0 unspecified atom stereocenters. The predicted molar refractivity (Wildman–Crippen MR) is 127 cm³/mol. The molecule has 4 rings (SSSR count). The first-order chi connectivity index (χ1) is 16.9. The number of carbonyl (C=O) groups is 3. The molecule has 1 aromatic heterocycles. The molecule has 0 atom stereocenters. The van der Waals surface area contributed by atoms with Crippen molar-refractivity contribution in [3.05, 3.63) is 87.5 Å². The number of imide groups is 2. The van der Waals surface area contributed by atoms with Gasteiger partial charge in [0.2, 0.25) is 0 Å². The van der Waals surface area contributed by atoms with Crippen molar-refractivity contribution in [2.75, 3.05) is 6.61 Å². The van der Waals surface area contributed by atoms with Gasteiger partial charge in [-0.15, -0.1) is 0 Å². The SMILES string of the molecule is CCOc1cc(/C=C2\C(=O)NC(=O)N(Cc3ccco3)C2=O)c(Br)cc1OCc1ccccc1F. The molecule has 10 heteroatoms. The van der Waals surface area contributed by atoms with E-state index in [2.05, 4.69) is 21.2 Å². The Balaban J connectivity index is 1.62. The molecule has 8 nitrogen and oxygen atoms in total. The molecule has 1 saturated heterocycles. The zero-order valence-electron chi connectivity index (χ0n) is 18.5. The lowest BCUT2D eigenvalue weighted by atomic mass is 10.1. The average molecular weight is 543 g/mol. The molecule has 4 amide bonds. The van der Waals surface area contributed by atoms with Crippen molar-refractivity contribution in [3.8, 4) is 11.5 Å². The van der Waals surface area contributed by atoms with Gasteiger partial charge in [-0.05, 0) is 48.9 Å². The Morgan fingerprint density at radius 3 is 2.57 bits per heavy atom. The van der Waals surface area contributed by atoms with Crippen LogP contribution in [0, 0.1) is 5.82 Å². The van der Waals surface area contributed by atoms with Crippen molar-refractivity contribution in [1.29, 1.82) is 0 Å². The maximum absolute atomic E-state index is 14.0. The molecule has 0 spiro atoms. The highest BCUT2D eigenvalue weighted by molar-refractivity contribution is 9.10. The Morgan fingerprint density at radius 2 is 1.86 bits per heavy atom. The van der Waals surface area contributed by atoms with Crippen LogP contribution in [0.1, 0.15) is 23.8 Å². The number of hydrogen-bond acceptors (Lipinski definition) is 6. The van der Waals surface area contributed by atoms with Crippen LogP contribution in [-0.2, 0) is 22.7 Å². The smallest absolute Gasteiger partial charge is 0.331 e. The average Bonchev–Trinajstić information content (AvgIpc) is 3.34. The van der Waals surface area contributed by atoms with Crippen molar-refractivity contribution in [1.82, 2.24) is 10.2 Å². The van der Waals surface area contributed by atoms with Gasteiger partial charge in [0, 0.05) is 10.0 Å². The molecule has 1 fully saturated rings. The topological polar surface area (TPSA) is 98.1 Å². The van der Waals surface area contributed by atoms with Crippen molar-refractivity contribution >= 4 is 39.9 Å². The number of hydrogen-bond donors (Lipinski definition) is 1. The number of urea groups is 1. The number of nitrogens with zero attached hydrogens (tertiary/aromatic N) is 1. The number of rotatable bonds is 8. The van der Waals surface area contributed by atoms with Crippen molar-refractivity contribution < 1.29 is 32.7 Å². The molecule has 180 valence electrons. The van der Waals surface area contributed by atoms with E-state index in [4.69, 9.17) is 13.9 Å². The van der Waals surface area contributed by atoms with Gasteiger partial charge in [-0.2, -0.15) is 0 Å². The Hall–Kier alpha value is -3.92. The Labute approximate surface area is 208 Å². The summed E-state index contributed by atoms with van der Waals surface area (Å²) in [4.78, 5) is 38.6. The van der Waals surface area contributed by atoms with E-state index in [0.717, 1.165) is 4.90 Å². The summed E-state index contributed by atoms with van der Waals surface area (Å²) in [5, 5.41) is 2.17. The predicted octanol–water partition coefficient (Wildman–Crippen LogP) is 4.82. The van der Waals surface area contributed by atoms with Crippen molar-refractivity contribution in [2.45, 2.75) is 20.1 Å². The minimum absolute atomic E-state index is 0.0234. The minimum atomic E-state index is -0.834. The first kappa shape index (κ1) is 24.2. The maximum atomic E-state index is 14.0. The van der Waals surface area contributed by atoms with Gasteiger partial charge in [-0.25, -0.2) is 9.18 Å². The molecule has 1 aliphatic heterocycles. The number of ether oxygens (including phenoxy) is 2. The van der Waals surface area contributed by atoms with Gasteiger partial charge in [-0.3, -0.25) is 19.8 Å². The van der Waals surface area contributed by atoms with Gasteiger partial charge in [0.1, 0.15) is 23.8 Å². The highest BCUT2D eigenvalue weighted by Gasteiger charge is 2.36. The van der Waals surface area contributed by atoms with Crippen LogP contribution < -0.4 is 14.8 Å². The fourth-order valence-corrected chi connectivity index (χ4v) is 3.80. The Morgan fingerprint density at radius 1 is 1.09 bits per heavy atom. The zero-order chi connectivity index (χ0) is 24.9. The molecule has 2 heterocycles. The standard InChI is InChI=1S/C25H20BrFN2O6/c1-2-33-21-11-16(19(26)12-22(21)35-14-15-6-3-4-8-20(15)27)10-18-23(30)28-25(32)29(24(18)31)13-17-7-5-9-34-17/h3-12H,2,13-14H2,1H3,(H,28,30,32)/b18-10+. The highest BCUT2D eigenvalue weighted by Crippen LogP contribution is 2.36. The first-order valence-corrected chi connectivity index (χ1v) is 11.4. The van der Waals surface area contributed by atoms with Crippen LogP contribution in [0.5, 0.6) is 11.5 Å². The molecule has 0 aliphatic carbocycles. The van der Waals surface area contributed by atoms with Crippen LogP contribution in [-0.4, -0.2) is 29.4 Å². The quantitative estimate of drug-likeness (QED) is 0.323. The van der Waals surface area contributed by atoms with Gasteiger partial charge in [0.05, 0.1) is 19.4 Å². The molecule has 0 saturated carbocycles. The third-order valence-corrected chi connectivity index (χ3v) is 5.77. The largest absolute Gasteiger partial charge is 0.490 e. The van der Waals surface area contributed by atoms with E-state index < -0.39 is 17.8 Å². The summed E-state index contributed by atoms with van der Waals surface area (Å²) in [5.74, 6) is -0.899. The molecule has 3 aromatic rings. The highest BCUT2D eigenvalue weighted by atomic mass is 79.9. The second-order valence-electron chi connectivity index (χ2n) is 7.42. The summed E-state index contributed by atoms with van der Waals surface area (Å²) in [6, 6.07) is 11.9. The van der Waals surface area contributed by atoms with Crippen LogP contribution in [0.4, 0.5) is 9.18 Å². The molecular weight excluding hydrogens is 523 g/mol. The summed E-state index contributed by atoms with van der Waals surface area (Å²) in [6.45, 7) is 1.95. The summed E-state index contributed by atoms with van der Waals surface area (Å²) < 4.78 is 31.1. The summed E-state index contributed by atoms with van der Waals surface area (Å²) in [5.41, 5.74) is 0.583. The fourth-order valence-electron chi connectivity index (χ4n) is 3.36. The number of nitrogens with one attached hydrogen (secondary N) is 1. The number of benzene rings is 2. The van der Waals surface area contributed by atoms with Gasteiger partial charge < -0.3 is 13.9 Å². The van der Waals surface area contributed by atoms with E-state index in [1.165, 1.54) is 18.4 Å². The minimum Gasteiger partial charge on any atom is -0.490 e. The van der Waals surface area contributed by atoms with E-state index in [-0.39, 0.29) is 24.5 Å². The van der Waals surface area contributed by atoms with Gasteiger partial charge >= 0.3 is 6.03 Å². The Kier molecular flexibility index (Phi) is 7.31. The molecule has 2 aromatic carbocycles. The number of barbiturate groups is 1. The molecule has 0 radical (unpaired) electrons. The fraction of sp³-hybridized carbons (Fsp3) is 0.160. The maximum Gasteiger partial charge on any atom is 0.331 e. The molecule has 1 aliphatic rings. The lowest BCUT2D eigenvalue weighted by molar-refractivity contribution is -0.130. The van der Waals surface area contributed by atoms with Crippen LogP contribution in [0.3, 0.4) is 0 Å². The normalized spacial score (nSPS) is 14.9. The van der Waals surface area contributed by atoms with E-state index in [9.17, 15) is 18.8 Å². The third kappa shape index (κ3) is 5.43. The molecular formula is C25H20BrFN2O6. The Bertz CT molecular complexity index is 1310. The van der Waals surface area contributed by atoms with E-state index in [1.54, 1.807) is 49.4 Å². The summed E-state index contributed by atoms with van der Waals surface area (Å²) in [6.07, 6.45) is 2.78. The first-order valence-electron chi connectivity index (χ1n) is 10.6. The van der Waals surface area contributed by atoms with Gasteiger partial charge in [0.25, 0.3) is 11.8 Å². The summed E-state index contributed by atoms with van der Waals surface area (Å²) in [7, 11) is 0. The number of halogens is 2. The van der Waals surface area contributed by atoms with Crippen molar-refractivity contribution in [3.63, 3.8) is 0 Å². The van der Waals surface area contributed by atoms with E-state index in [0.29, 0.717) is 39.5 Å². The third-order valence-electron chi connectivity index (χ3n) is 5.08. The summed E-state index contributed by atoms with van der Waals surface area (Å²) >= 11 is 3.42. The number of amides is 4.